The van der Waals surface area contributed by atoms with Gasteiger partial charge < -0.3 is 9.09 Å². The van der Waals surface area contributed by atoms with Crippen LogP contribution in [0.5, 0.6) is 0 Å². The Hall–Kier alpha value is -2.35. The summed E-state index contributed by atoms with van der Waals surface area (Å²) in [5, 5.41) is 12.6. The highest BCUT2D eigenvalue weighted by Crippen LogP contribution is 2.05. The lowest BCUT2D eigenvalue weighted by molar-refractivity contribution is 0.388. The van der Waals surface area contributed by atoms with Gasteiger partial charge in [-0.3, -0.25) is 4.79 Å². The number of pyridine rings is 1. The topological polar surface area (TPSA) is 71.8 Å². The second-order valence-corrected chi connectivity index (χ2v) is 3.82. The minimum absolute atomic E-state index is 0.135. The molecule has 86 valence electrons. The first kappa shape index (κ1) is 11.1. The maximum Gasteiger partial charge on any atom is 0.269 e. The predicted molar refractivity (Wildman–Crippen MR) is 60.5 cm³/mol. The zero-order valence-corrected chi connectivity index (χ0v) is 9.60. The molecule has 0 fully saturated rings. The minimum Gasteiger partial charge on any atom is -0.361 e. The largest absolute Gasteiger partial charge is 0.361 e. The number of hydrogen-bond donors (Lipinski definition) is 0. The summed E-state index contributed by atoms with van der Waals surface area (Å²) in [6, 6.07) is 6.92. The molecule has 2 aromatic heterocycles. The molecule has 0 aliphatic carbocycles. The first-order valence-corrected chi connectivity index (χ1v) is 5.14. The Morgan fingerprint density at radius 1 is 1.47 bits per heavy atom. The van der Waals surface area contributed by atoms with Crippen LogP contribution in [0.4, 0.5) is 0 Å². The Balaban J connectivity index is 2.46. The summed E-state index contributed by atoms with van der Waals surface area (Å²) in [5.74, 6) is 0.696. The Kier molecular flexibility index (Phi) is 2.79. The fourth-order valence-electron chi connectivity index (χ4n) is 1.61. The van der Waals surface area contributed by atoms with E-state index >= 15 is 0 Å². The second-order valence-electron chi connectivity index (χ2n) is 3.82. The molecule has 0 spiro atoms. The molecule has 17 heavy (non-hydrogen) atoms. The summed E-state index contributed by atoms with van der Waals surface area (Å²) in [6.07, 6.45) is 0. The van der Waals surface area contributed by atoms with Gasteiger partial charge in [-0.1, -0.05) is 5.16 Å². The van der Waals surface area contributed by atoms with Crippen LogP contribution in [0.1, 0.15) is 22.7 Å². The standard InChI is InChI=1S/C12H11N3O2/c1-8-3-4-10(6-13)12(16)15(8)7-11-5-9(2)17-14-11/h3-5H,7H2,1-2H3. The van der Waals surface area contributed by atoms with Crippen molar-refractivity contribution in [2.45, 2.75) is 20.4 Å². The highest BCUT2D eigenvalue weighted by Gasteiger charge is 2.08. The number of nitrogens with zero attached hydrogens (tertiary/aromatic N) is 3. The van der Waals surface area contributed by atoms with Gasteiger partial charge in [0.25, 0.3) is 5.56 Å². The molecule has 0 atom stereocenters. The van der Waals surface area contributed by atoms with Crippen LogP contribution in [0, 0.1) is 25.2 Å². The van der Waals surface area contributed by atoms with Gasteiger partial charge in [0, 0.05) is 11.8 Å². The van der Waals surface area contributed by atoms with Crippen molar-refractivity contribution in [3.8, 4) is 6.07 Å². The quantitative estimate of drug-likeness (QED) is 0.779. The van der Waals surface area contributed by atoms with Gasteiger partial charge >= 0.3 is 0 Å². The van der Waals surface area contributed by atoms with Gasteiger partial charge in [-0.2, -0.15) is 5.26 Å². The highest BCUT2D eigenvalue weighted by atomic mass is 16.5. The first-order chi connectivity index (χ1) is 8.11. The van der Waals surface area contributed by atoms with Crippen LogP contribution in [0.25, 0.3) is 0 Å². The van der Waals surface area contributed by atoms with E-state index in [9.17, 15) is 4.79 Å². The molecule has 2 heterocycles. The third kappa shape index (κ3) is 2.11. The van der Waals surface area contributed by atoms with Gasteiger partial charge in [0.2, 0.25) is 0 Å². The van der Waals surface area contributed by atoms with E-state index < -0.39 is 0 Å². The smallest absolute Gasteiger partial charge is 0.269 e. The molecule has 0 N–H and O–H groups in total. The lowest BCUT2D eigenvalue weighted by Gasteiger charge is -2.07. The zero-order chi connectivity index (χ0) is 12.4. The summed E-state index contributed by atoms with van der Waals surface area (Å²) in [5.41, 5.74) is 1.29. The zero-order valence-electron chi connectivity index (χ0n) is 9.60. The van der Waals surface area contributed by atoms with Crippen molar-refractivity contribution in [1.29, 1.82) is 5.26 Å². The van der Waals surface area contributed by atoms with Gasteiger partial charge in [0.05, 0.1) is 6.54 Å². The molecular formula is C12H11N3O2. The molecule has 0 saturated carbocycles. The Bertz CT molecular complexity index is 647. The number of aromatic nitrogens is 2. The van der Waals surface area contributed by atoms with Crippen molar-refractivity contribution in [2.24, 2.45) is 0 Å². The van der Waals surface area contributed by atoms with E-state index in [1.54, 1.807) is 19.1 Å². The highest BCUT2D eigenvalue weighted by molar-refractivity contribution is 5.27. The summed E-state index contributed by atoms with van der Waals surface area (Å²) in [6.45, 7) is 3.92. The van der Waals surface area contributed by atoms with E-state index in [0.29, 0.717) is 18.0 Å². The lowest BCUT2D eigenvalue weighted by atomic mass is 10.2. The molecular weight excluding hydrogens is 218 g/mol. The number of rotatable bonds is 2. The monoisotopic (exact) mass is 229 g/mol. The van der Waals surface area contributed by atoms with Gasteiger partial charge in [-0.25, -0.2) is 0 Å². The molecule has 0 radical (unpaired) electrons. The maximum absolute atomic E-state index is 11.9. The van der Waals surface area contributed by atoms with Crippen LogP contribution < -0.4 is 5.56 Å². The van der Waals surface area contributed by atoms with Crippen LogP contribution in [0.15, 0.2) is 27.5 Å². The predicted octanol–water partition coefficient (Wildman–Crippen LogP) is 1.37. The van der Waals surface area contributed by atoms with E-state index in [0.717, 1.165) is 5.69 Å². The molecule has 0 aliphatic heterocycles. The van der Waals surface area contributed by atoms with E-state index in [1.807, 2.05) is 13.0 Å². The SMILES string of the molecule is Cc1cc(Cn2c(C)ccc(C#N)c2=O)no1. The fraction of sp³-hybridized carbons (Fsp3) is 0.250. The summed E-state index contributed by atoms with van der Waals surface area (Å²) in [4.78, 5) is 11.9. The molecule has 5 nitrogen and oxygen atoms in total. The van der Waals surface area contributed by atoms with Crippen LogP contribution >= 0.6 is 0 Å². The van der Waals surface area contributed by atoms with Gasteiger partial charge in [0.15, 0.2) is 0 Å². The number of aryl methyl sites for hydroxylation is 2. The summed E-state index contributed by atoms with van der Waals surface area (Å²) >= 11 is 0. The van der Waals surface area contributed by atoms with Crippen molar-refractivity contribution in [1.82, 2.24) is 9.72 Å². The first-order valence-electron chi connectivity index (χ1n) is 5.14. The number of nitriles is 1. The third-order valence-corrected chi connectivity index (χ3v) is 2.51. The van der Waals surface area contributed by atoms with Crippen molar-refractivity contribution in [3.05, 3.63) is 51.3 Å². The Morgan fingerprint density at radius 3 is 2.82 bits per heavy atom. The number of hydrogen-bond acceptors (Lipinski definition) is 4. The van der Waals surface area contributed by atoms with E-state index in [-0.39, 0.29) is 11.1 Å². The Morgan fingerprint density at radius 2 is 2.24 bits per heavy atom. The van der Waals surface area contributed by atoms with Crippen molar-refractivity contribution in [2.75, 3.05) is 0 Å². The molecule has 0 aromatic carbocycles. The maximum atomic E-state index is 11.9. The average Bonchev–Trinajstić information content (AvgIpc) is 2.70. The summed E-state index contributed by atoms with van der Waals surface area (Å²) in [7, 11) is 0. The van der Waals surface area contributed by atoms with Gasteiger partial charge in [-0.15, -0.1) is 0 Å². The molecule has 0 unspecified atom stereocenters. The van der Waals surface area contributed by atoms with E-state index in [4.69, 9.17) is 9.78 Å². The van der Waals surface area contributed by atoms with E-state index in [1.165, 1.54) is 10.6 Å². The Labute approximate surface area is 97.9 Å². The normalized spacial score (nSPS) is 10.2. The van der Waals surface area contributed by atoms with Gasteiger partial charge in [-0.05, 0) is 26.0 Å². The van der Waals surface area contributed by atoms with Crippen LogP contribution in [-0.4, -0.2) is 9.72 Å². The van der Waals surface area contributed by atoms with E-state index in [2.05, 4.69) is 5.16 Å². The van der Waals surface area contributed by atoms with Crippen LogP contribution in [0.2, 0.25) is 0 Å². The van der Waals surface area contributed by atoms with Crippen molar-refractivity contribution >= 4 is 0 Å². The van der Waals surface area contributed by atoms with Crippen LogP contribution in [-0.2, 0) is 6.54 Å². The molecule has 2 rings (SSSR count). The summed E-state index contributed by atoms with van der Waals surface area (Å²) < 4.78 is 6.45. The average molecular weight is 229 g/mol. The molecule has 0 aliphatic rings. The van der Waals surface area contributed by atoms with Crippen molar-refractivity contribution in [3.63, 3.8) is 0 Å². The second kappa shape index (κ2) is 4.26. The third-order valence-electron chi connectivity index (χ3n) is 2.51. The van der Waals surface area contributed by atoms with Gasteiger partial charge in [0.1, 0.15) is 23.1 Å². The molecule has 0 amide bonds. The molecule has 0 bridgehead atoms. The van der Waals surface area contributed by atoms with Crippen molar-refractivity contribution < 1.29 is 4.52 Å². The minimum atomic E-state index is -0.298. The molecule has 5 heteroatoms. The molecule has 2 aromatic rings. The fourth-order valence-corrected chi connectivity index (χ4v) is 1.61. The lowest BCUT2D eigenvalue weighted by Crippen LogP contribution is -2.24. The van der Waals surface area contributed by atoms with Crippen LogP contribution in [0.3, 0.4) is 0 Å². The molecule has 0 saturated heterocycles.